The molecule has 1 N–H and O–H groups in total. The number of nitrogens with one attached hydrogen (secondary N) is 1. The summed E-state index contributed by atoms with van der Waals surface area (Å²) >= 11 is 12.0. The lowest BCUT2D eigenvalue weighted by molar-refractivity contribution is 0.774. The van der Waals surface area contributed by atoms with Crippen LogP contribution in [0.5, 0.6) is 0 Å². The zero-order chi connectivity index (χ0) is 16.7. The van der Waals surface area contributed by atoms with Gasteiger partial charge in [0.15, 0.2) is 0 Å². The number of hydrogen-bond donors (Lipinski definition) is 1. The van der Waals surface area contributed by atoms with E-state index >= 15 is 0 Å². The van der Waals surface area contributed by atoms with Crippen LogP contribution in [0.25, 0.3) is 22.3 Å². The molecule has 4 rings (SSSR count). The first-order valence-electron chi connectivity index (χ1n) is 7.67. The Labute approximate surface area is 149 Å². The fraction of sp³-hybridized carbons (Fsp3) is 0.105. The Morgan fingerprint density at radius 2 is 1.46 bits per heavy atom. The molecule has 0 saturated carbocycles. The molecule has 2 heterocycles. The maximum Gasteiger partial charge on any atom is 0.252 e. The molecule has 0 fully saturated rings. The van der Waals surface area contributed by atoms with Crippen LogP contribution in [0.15, 0.2) is 59.4 Å². The molecule has 0 spiro atoms. The monoisotopic (exact) mass is 356 g/mol. The fourth-order valence-corrected chi connectivity index (χ4v) is 3.36. The molecule has 3 nitrogen and oxygen atoms in total. The Morgan fingerprint density at radius 3 is 2.08 bits per heavy atom. The van der Waals surface area contributed by atoms with Crippen LogP contribution < -0.4 is 10.9 Å². The minimum atomic E-state index is -0.00216. The lowest BCUT2D eigenvalue weighted by Crippen LogP contribution is -2.17. The fourth-order valence-electron chi connectivity index (χ4n) is 3.10. The molecule has 0 saturated heterocycles. The summed E-state index contributed by atoms with van der Waals surface area (Å²) in [6.07, 6.45) is 0. The van der Waals surface area contributed by atoms with E-state index in [0.29, 0.717) is 16.6 Å². The summed E-state index contributed by atoms with van der Waals surface area (Å²) in [7, 11) is 0. The predicted octanol–water partition coefficient (Wildman–Crippen LogP) is 4.91. The minimum Gasteiger partial charge on any atom is -0.369 e. The lowest BCUT2D eigenvalue weighted by atomic mass is 9.95. The number of aromatic nitrogens is 1. The van der Waals surface area contributed by atoms with Crippen LogP contribution >= 0.6 is 23.2 Å². The van der Waals surface area contributed by atoms with Gasteiger partial charge in [0.05, 0.1) is 0 Å². The third-order valence-electron chi connectivity index (χ3n) is 4.23. The average molecular weight is 357 g/mol. The van der Waals surface area contributed by atoms with Gasteiger partial charge in [-0.15, -0.1) is 0 Å². The molecule has 2 aromatic carbocycles. The van der Waals surface area contributed by atoms with Crippen molar-refractivity contribution in [1.29, 1.82) is 0 Å². The van der Waals surface area contributed by atoms with Crippen molar-refractivity contribution < 1.29 is 0 Å². The van der Waals surface area contributed by atoms with Crippen molar-refractivity contribution >= 4 is 29.0 Å². The van der Waals surface area contributed by atoms with Gasteiger partial charge < -0.3 is 5.32 Å². The van der Waals surface area contributed by atoms with Gasteiger partial charge in [-0.1, -0.05) is 47.5 Å². The number of rotatable bonds is 2. The van der Waals surface area contributed by atoms with E-state index in [9.17, 15) is 4.79 Å². The molecule has 0 aliphatic carbocycles. The number of nitrogens with zero attached hydrogens (tertiary/aromatic N) is 1. The van der Waals surface area contributed by atoms with Crippen molar-refractivity contribution in [1.82, 2.24) is 4.57 Å². The second-order valence-corrected chi connectivity index (χ2v) is 6.58. The van der Waals surface area contributed by atoms with Crippen molar-refractivity contribution in [2.24, 2.45) is 0 Å². The molecule has 0 atom stereocenters. The zero-order valence-corrected chi connectivity index (χ0v) is 14.2. The van der Waals surface area contributed by atoms with Crippen LogP contribution in [0.4, 0.5) is 5.82 Å². The largest absolute Gasteiger partial charge is 0.369 e. The Balaban J connectivity index is 2.02. The molecule has 1 aliphatic heterocycles. The molecule has 5 heteroatoms. The van der Waals surface area contributed by atoms with Crippen LogP contribution in [-0.4, -0.2) is 11.1 Å². The molecule has 0 radical (unpaired) electrons. The Hall–Kier alpha value is -2.23. The topological polar surface area (TPSA) is 34.0 Å². The molecule has 0 unspecified atom stereocenters. The first kappa shape index (κ1) is 15.3. The number of pyridine rings is 1. The number of hydrogen-bond acceptors (Lipinski definition) is 2. The van der Waals surface area contributed by atoms with Gasteiger partial charge in [0.1, 0.15) is 5.82 Å². The van der Waals surface area contributed by atoms with Gasteiger partial charge in [-0.2, -0.15) is 0 Å². The van der Waals surface area contributed by atoms with E-state index in [0.717, 1.165) is 34.6 Å². The van der Waals surface area contributed by atoms with Crippen molar-refractivity contribution in [2.75, 3.05) is 11.9 Å². The number of halogens is 2. The van der Waals surface area contributed by atoms with E-state index in [1.165, 1.54) is 0 Å². The standard InChI is InChI=1S/C19H14Cl2N2O/c20-14-5-1-12(2-6-14)16-11-17(24)23-10-9-22-19(23)18(16)13-3-7-15(21)8-4-13/h1-8,11,22H,9-10H2. The van der Waals surface area contributed by atoms with E-state index in [4.69, 9.17) is 23.2 Å². The molecular weight excluding hydrogens is 343 g/mol. The number of anilines is 1. The van der Waals surface area contributed by atoms with E-state index in [-0.39, 0.29) is 5.56 Å². The van der Waals surface area contributed by atoms with Crippen molar-refractivity contribution in [3.05, 3.63) is 75.0 Å². The van der Waals surface area contributed by atoms with Crippen LogP contribution in [0.3, 0.4) is 0 Å². The van der Waals surface area contributed by atoms with Gasteiger partial charge in [0, 0.05) is 34.8 Å². The van der Waals surface area contributed by atoms with Crippen LogP contribution in [0, 0.1) is 0 Å². The summed E-state index contributed by atoms with van der Waals surface area (Å²) in [5.41, 5.74) is 3.87. The second-order valence-electron chi connectivity index (χ2n) is 5.71. The van der Waals surface area contributed by atoms with E-state index < -0.39 is 0 Å². The molecule has 1 aromatic heterocycles. The lowest BCUT2D eigenvalue weighted by Gasteiger charge is -2.16. The maximum absolute atomic E-state index is 12.5. The van der Waals surface area contributed by atoms with E-state index in [1.807, 2.05) is 48.5 Å². The highest BCUT2D eigenvalue weighted by molar-refractivity contribution is 6.31. The molecule has 1 aliphatic rings. The third-order valence-corrected chi connectivity index (χ3v) is 4.73. The predicted molar refractivity (Wildman–Crippen MR) is 100 cm³/mol. The van der Waals surface area contributed by atoms with E-state index in [1.54, 1.807) is 10.6 Å². The SMILES string of the molecule is O=c1cc(-c2ccc(Cl)cc2)c(-c2ccc(Cl)cc2)c2n1CCN2. The van der Waals surface area contributed by atoms with Crippen molar-refractivity contribution in [3.8, 4) is 22.3 Å². The molecule has 24 heavy (non-hydrogen) atoms. The van der Waals surface area contributed by atoms with Gasteiger partial charge in [-0.05, 0) is 41.0 Å². The normalized spacial score (nSPS) is 12.8. The molecule has 3 aromatic rings. The first-order valence-corrected chi connectivity index (χ1v) is 8.43. The smallest absolute Gasteiger partial charge is 0.252 e. The van der Waals surface area contributed by atoms with E-state index in [2.05, 4.69) is 5.32 Å². The summed E-state index contributed by atoms with van der Waals surface area (Å²) in [5.74, 6) is 0.856. The highest BCUT2D eigenvalue weighted by Gasteiger charge is 2.21. The summed E-state index contributed by atoms with van der Waals surface area (Å²) in [4.78, 5) is 12.5. The molecule has 0 amide bonds. The van der Waals surface area contributed by atoms with Gasteiger partial charge in [-0.25, -0.2) is 0 Å². The Bertz CT molecular complexity index is 960. The van der Waals surface area contributed by atoms with Gasteiger partial charge in [-0.3, -0.25) is 9.36 Å². The number of fused-ring (bicyclic) bond motifs is 1. The molecular formula is C19H14Cl2N2O. The summed E-state index contributed by atoms with van der Waals surface area (Å²) in [5, 5.41) is 4.70. The van der Waals surface area contributed by atoms with Crippen LogP contribution in [0.2, 0.25) is 10.0 Å². The van der Waals surface area contributed by atoms with Gasteiger partial charge in [0.25, 0.3) is 5.56 Å². The van der Waals surface area contributed by atoms with Crippen LogP contribution in [-0.2, 0) is 6.54 Å². The highest BCUT2D eigenvalue weighted by atomic mass is 35.5. The van der Waals surface area contributed by atoms with Crippen molar-refractivity contribution in [2.45, 2.75) is 6.54 Å². The van der Waals surface area contributed by atoms with Gasteiger partial charge >= 0.3 is 0 Å². The second kappa shape index (κ2) is 6.00. The average Bonchev–Trinajstić information content (AvgIpc) is 3.07. The highest BCUT2D eigenvalue weighted by Crippen LogP contribution is 2.38. The Kier molecular flexibility index (Phi) is 3.83. The quantitative estimate of drug-likeness (QED) is 0.707. The zero-order valence-electron chi connectivity index (χ0n) is 12.7. The van der Waals surface area contributed by atoms with Crippen LogP contribution in [0.1, 0.15) is 0 Å². The number of benzene rings is 2. The summed E-state index contributed by atoms with van der Waals surface area (Å²) < 4.78 is 1.78. The molecule has 120 valence electrons. The third kappa shape index (κ3) is 2.60. The molecule has 0 bridgehead atoms. The summed E-state index contributed by atoms with van der Waals surface area (Å²) in [6.45, 7) is 1.43. The maximum atomic E-state index is 12.5. The summed E-state index contributed by atoms with van der Waals surface area (Å²) in [6, 6.07) is 16.9. The minimum absolute atomic E-state index is 0.00216. The van der Waals surface area contributed by atoms with Crippen molar-refractivity contribution in [3.63, 3.8) is 0 Å². The Morgan fingerprint density at radius 1 is 0.875 bits per heavy atom. The first-order chi connectivity index (χ1) is 11.6. The van der Waals surface area contributed by atoms with Gasteiger partial charge in [0.2, 0.25) is 0 Å².